The van der Waals surface area contributed by atoms with Gasteiger partial charge in [0.15, 0.2) is 0 Å². The van der Waals surface area contributed by atoms with E-state index in [1.54, 1.807) is 0 Å². The van der Waals surface area contributed by atoms with Crippen molar-refractivity contribution in [3.8, 4) is 0 Å². The van der Waals surface area contributed by atoms with Gasteiger partial charge in [-0.1, -0.05) is 6.07 Å². The maximum atomic E-state index is 5.81. The van der Waals surface area contributed by atoms with Crippen LogP contribution < -0.4 is 0 Å². The molecule has 3 heterocycles. The zero-order valence-electron chi connectivity index (χ0n) is 11.3. The summed E-state index contributed by atoms with van der Waals surface area (Å²) >= 11 is 7.30. The van der Waals surface area contributed by atoms with Crippen LogP contribution in [0.4, 0.5) is 0 Å². The fraction of sp³-hybridized carbons (Fsp3) is 0.467. The molecule has 2 aromatic heterocycles. The summed E-state index contributed by atoms with van der Waals surface area (Å²) in [6.45, 7) is 3.97. The van der Waals surface area contributed by atoms with Gasteiger partial charge in [-0.2, -0.15) is 0 Å². The minimum absolute atomic E-state index is 0.411. The summed E-state index contributed by atoms with van der Waals surface area (Å²) in [5.41, 5.74) is 0. The second-order valence-corrected chi connectivity index (χ2v) is 7.96. The fourth-order valence-electron chi connectivity index (χ4n) is 2.53. The Labute approximate surface area is 136 Å². The summed E-state index contributed by atoms with van der Waals surface area (Å²) in [5.74, 6) is 0. The Morgan fingerprint density at radius 2 is 2.20 bits per heavy atom. The van der Waals surface area contributed by atoms with Gasteiger partial charge in [-0.25, -0.2) is 0 Å². The Kier molecular flexibility index (Phi) is 5.29. The van der Waals surface area contributed by atoms with Crippen LogP contribution in [0.5, 0.6) is 0 Å². The van der Waals surface area contributed by atoms with E-state index in [1.165, 1.54) is 27.1 Å². The molecule has 5 heteroatoms. The van der Waals surface area contributed by atoms with Crippen LogP contribution in [0.1, 0.15) is 22.6 Å². The van der Waals surface area contributed by atoms with Crippen molar-refractivity contribution < 1.29 is 4.74 Å². The molecule has 3 rings (SSSR count). The smallest absolute Gasteiger partial charge is 0.0703 e. The van der Waals surface area contributed by atoms with E-state index >= 15 is 0 Å². The van der Waals surface area contributed by atoms with Crippen molar-refractivity contribution in [2.45, 2.75) is 32.0 Å². The van der Waals surface area contributed by atoms with Crippen LogP contribution in [-0.4, -0.2) is 24.2 Å². The first-order chi connectivity index (χ1) is 9.81. The van der Waals surface area contributed by atoms with Gasteiger partial charge < -0.3 is 4.74 Å². The number of thiophene rings is 2. The summed E-state index contributed by atoms with van der Waals surface area (Å²) < 4.78 is 7.03. The first-order valence-corrected chi connectivity index (χ1v) is 9.44. The van der Waals surface area contributed by atoms with E-state index < -0.39 is 0 Å². The van der Waals surface area contributed by atoms with Gasteiger partial charge in [0.05, 0.1) is 6.10 Å². The Morgan fingerprint density at radius 1 is 1.25 bits per heavy atom. The summed E-state index contributed by atoms with van der Waals surface area (Å²) in [4.78, 5) is 5.34. The second kappa shape index (κ2) is 7.18. The van der Waals surface area contributed by atoms with Crippen LogP contribution in [0, 0.1) is 0 Å². The Morgan fingerprint density at radius 3 is 2.85 bits per heavy atom. The Balaban J connectivity index is 1.67. The zero-order valence-corrected chi connectivity index (χ0v) is 14.5. The van der Waals surface area contributed by atoms with Crippen LogP contribution in [0.3, 0.4) is 0 Å². The van der Waals surface area contributed by atoms with Gasteiger partial charge in [0, 0.05) is 40.5 Å². The van der Waals surface area contributed by atoms with E-state index in [-0.39, 0.29) is 0 Å². The highest BCUT2D eigenvalue weighted by Crippen LogP contribution is 2.26. The molecule has 1 aliphatic heterocycles. The van der Waals surface area contributed by atoms with Crippen molar-refractivity contribution in [1.29, 1.82) is 0 Å². The maximum Gasteiger partial charge on any atom is 0.0703 e. The van der Waals surface area contributed by atoms with E-state index in [1.807, 2.05) is 22.7 Å². The number of halogens is 1. The molecule has 1 unspecified atom stereocenters. The molecular formula is C15H18BrNOS2. The largest absolute Gasteiger partial charge is 0.377 e. The van der Waals surface area contributed by atoms with Gasteiger partial charge >= 0.3 is 0 Å². The average molecular weight is 372 g/mol. The number of rotatable bonds is 6. The highest BCUT2D eigenvalue weighted by molar-refractivity contribution is 9.10. The quantitative estimate of drug-likeness (QED) is 0.725. The van der Waals surface area contributed by atoms with Crippen molar-refractivity contribution in [1.82, 2.24) is 4.90 Å². The molecule has 108 valence electrons. The normalized spacial score (nSPS) is 19.0. The third-order valence-electron chi connectivity index (χ3n) is 3.50. The first kappa shape index (κ1) is 14.7. The lowest BCUT2D eigenvalue weighted by Crippen LogP contribution is -2.31. The standard InChI is InChI=1S/C15H18BrNOS2/c16-14-5-8-20-15(14)11-17(9-12-3-1-6-18-12)10-13-4-2-7-19-13/h2,4-5,7-8,12H,1,3,6,9-11H2. The van der Waals surface area contributed by atoms with E-state index in [0.717, 1.165) is 26.2 Å². The molecule has 1 fully saturated rings. The summed E-state index contributed by atoms with van der Waals surface area (Å²) in [6.07, 6.45) is 2.82. The van der Waals surface area contributed by atoms with E-state index in [0.29, 0.717) is 6.10 Å². The minimum Gasteiger partial charge on any atom is -0.377 e. The molecular weight excluding hydrogens is 354 g/mol. The molecule has 0 aromatic carbocycles. The van der Waals surface area contributed by atoms with Crippen LogP contribution in [0.25, 0.3) is 0 Å². The molecule has 0 N–H and O–H groups in total. The topological polar surface area (TPSA) is 12.5 Å². The van der Waals surface area contributed by atoms with Crippen LogP contribution in [0.2, 0.25) is 0 Å². The summed E-state index contributed by atoms with van der Waals surface area (Å²) in [5, 5.41) is 4.30. The fourth-order valence-corrected chi connectivity index (χ4v) is 4.79. The number of nitrogens with zero attached hydrogens (tertiary/aromatic N) is 1. The monoisotopic (exact) mass is 371 g/mol. The molecule has 20 heavy (non-hydrogen) atoms. The van der Waals surface area contributed by atoms with E-state index in [4.69, 9.17) is 4.74 Å². The third-order valence-corrected chi connectivity index (χ3v) is 6.28. The predicted octanol–water partition coefficient (Wildman–Crippen LogP) is 4.75. The van der Waals surface area contributed by atoms with Gasteiger partial charge in [-0.05, 0) is 51.7 Å². The molecule has 0 saturated carbocycles. The van der Waals surface area contributed by atoms with Crippen molar-refractivity contribution in [3.63, 3.8) is 0 Å². The van der Waals surface area contributed by atoms with Crippen molar-refractivity contribution in [2.75, 3.05) is 13.2 Å². The number of ether oxygens (including phenoxy) is 1. The summed E-state index contributed by atoms with van der Waals surface area (Å²) in [6, 6.07) is 6.48. The zero-order chi connectivity index (χ0) is 13.8. The van der Waals surface area contributed by atoms with Crippen LogP contribution in [-0.2, 0) is 17.8 Å². The van der Waals surface area contributed by atoms with Crippen molar-refractivity contribution >= 4 is 38.6 Å². The predicted molar refractivity (Wildman–Crippen MR) is 89.4 cm³/mol. The lowest BCUT2D eigenvalue weighted by Gasteiger charge is -2.24. The molecule has 1 aliphatic rings. The molecule has 0 bridgehead atoms. The molecule has 1 atom stereocenters. The van der Waals surface area contributed by atoms with Crippen molar-refractivity contribution in [3.05, 3.63) is 43.2 Å². The van der Waals surface area contributed by atoms with Gasteiger partial charge in [-0.15, -0.1) is 22.7 Å². The highest BCUT2D eigenvalue weighted by atomic mass is 79.9. The second-order valence-electron chi connectivity index (χ2n) is 5.08. The van der Waals surface area contributed by atoms with Gasteiger partial charge in [0.1, 0.15) is 0 Å². The highest BCUT2D eigenvalue weighted by Gasteiger charge is 2.20. The van der Waals surface area contributed by atoms with E-state index in [2.05, 4.69) is 49.8 Å². The van der Waals surface area contributed by atoms with Gasteiger partial charge in [0.25, 0.3) is 0 Å². The molecule has 2 nitrogen and oxygen atoms in total. The minimum atomic E-state index is 0.411. The molecule has 1 saturated heterocycles. The number of hydrogen-bond acceptors (Lipinski definition) is 4. The average Bonchev–Trinajstić information content (AvgIpc) is 3.15. The molecule has 0 aliphatic carbocycles. The lowest BCUT2D eigenvalue weighted by atomic mass is 10.2. The van der Waals surface area contributed by atoms with E-state index in [9.17, 15) is 0 Å². The SMILES string of the molecule is Brc1ccsc1CN(Cc1cccs1)CC1CCCO1. The Hall–Kier alpha value is -0.200. The molecule has 2 aromatic rings. The number of hydrogen-bond donors (Lipinski definition) is 0. The van der Waals surface area contributed by atoms with Crippen molar-refractivity contribution in [2.24, 2.45) is 0 Å². The Bertz CT molecular complexity index is 520. The van der Waals surface area contributed by atoms with Crippen LogP contribution in [0.15, 0.2) is 33.4 Å². The van der Waals surface area contributed by atoms with Crippen LogP contribution >= 0.6 is 38.6 Å². The van der Waals surface area contributed by atoms with Gasteiger partial charge in [0.2, 0.25) is 0 Å². The molecule has 0 radical (unpaired) electrons. The molecule has 0 spiro atoms. The summed E-state index contributed by atoms with van der Waals surface area (Å²) in [7, 11) is 0. The molecule has 0 amide bonds. The lowest BCUT2D eigenvalue weighted by molar-refractivity contribution is 0.0685. The van der Waals surface area contributed by atoms with Gasteiger partial charge in [-0.3, -0.25) is 4.90 Å². The third kappa shape index (κ3) is 3.92. The maximum absolute atomic E-state index is 5.81. The first-order valence-electron chi connectivity index (χ1n) is 6.89.